The summed E-state index contributed by atoms with van der Waals surface area (Å²) in [4.78, 5) is 49.8. The van der Waals surface area contributed by atoms with E-state index in [2.05, 4.69) is 10.3 Å². The zero-order chi connectivity index (χ0) is 30.0. The predicted molar refractivity (Wildman–Crippen MR) is 165 cm³/mol. The molecular formula is C33H45ClN4O5. The van der Waals surface area contributed by atoms with Crippen LogP contribution in [0, 0.1) is 17.8 Å². The van der Waals surface area contributed by atoms with Crippen LogP contribution in [-0.4, -0.2) is 85.6 Å². The van der Waals surface area contributed by atoms with Crippen LogP contribution < -0.4 is 5.32 Å². The summed E-state index contributed by atoms with van der Waals surface area (Å²) >= 11 is 6.47. The number of fused-ring (bicyclic) bond motifs is 5. The molecule has 9 nitrogen and oxygen atoms in total. The quantitative estimate of drug-likeness (QED) is 0.387. The second kappa shape index (κ2) is 13.2. The molecule has 2 N–H and O–H groups in total. The molecule has 2 saturated heterocycles. The molecule has 0 unspecified atom stereocenters. The SMILES string of the molecule is COCCCNC(=O)C[C@H]1C[C@H](C(=O)N2CCOCC2)[C@@]2(CCC3CCCC3)c3[nH]c4ccc(Cl)cc4c3CCN2C1=O. The molecular weight excluding hydrogens is 568 g/mol. The lowest BCUT2D eigenvalue weighted by atomic mass is 9.64. The Kier molecular flexibility index (Phi) is 9.31. The average molecular weight is 613 g/mol. The molecule has 234 valence electrons. The summed E-state index contributed by atoms with van der Waals surface area (Å²) in [5, 5.41) is 4.70. The Labute approximate surface area is 259 Å². The summed E-state index contributed by atoms with van der Waals surface area (Å²) in [6, 6.07) is 5.90. The summed E-state index contributed by atoms with van der Waals surface area (Å²) in [6.45, 7) is 3.70. The average Bonchev–Trinajstić information content (AvgIpc) is 3.68. The van der Waals surface area contributed by atoms with Crippen LogP contribution in [0.4, 0.5) is 0 Å². The van der Waals surface area contributed by atoms with Gasteiger partial charge in [-0.05, 0) is 61.8 Å². The van der Waals surface area contributed by atoms with Crippen LogP contribution in [0.5, 0.6) is 0 Å². The van der Waals surface area contributed by atoms with Gasteiger partial charge in [0.1, 0.15) is 0 Å². The Morgan fingerprint density at radius 3 is 2.74 bits per heavy atom. The summed E-state index contributed by atoms with van der Waals surface area (Å²) in [5.41, 5.74) is 2.36. The van der Waals surface area contributed by atoms with Gasteiger partial charge in [-0.3, -0.25) is 14.4 Å². The van der Waals surface area contributed by atoms with Gasteiger partial charge in [-0.15, -0.1) is 0 Å². The van der Waals surface area contributed by atoms with Crippen molar-refractivity contribution in [3.63, 3.8) is 0 Å². The van der Waals surface area contributed by atoms with Gasteiger partial charge in [-0.1, -0.05) is 37.3 Å². The lowest BCUT2D eigenvalue weighted by Gasteiger charge is -2.56. The molecule has 3 fully saturated rings. The van der Waals surface area contributed by atoms with Crippen LogP contribution in [0.25, 0.3) is 10.9 Å². The number of amides is 3. The summed E-state index contributed by atoms with van der Waals surface area (Å²) in [6.07, 6.45) is 8.43. The first-order chi connectivity index (χ1) is 20.9. The van der Waals surface area contributed by atoms with Crippen molar-refractivity contribution in [1.82, 2.24) is 20.1 Å². The molecule has 3 amide bonds. The number of aromatic amines is 1. The molecule has 4 heterocycles. The van der Waals surface area contributed by atoms with Crippen molar-refractivity contribution in [3.05, 3.63) is 34.5 Å². The molecule has 6 rings (SSSR count). The summed E-state index contributed by atoms with van der Waals surface area (Å²) in [7, 11) is 1.64. The molecule has 10 heteroatoms. The highest BCUT2D eigenvalue weighted by atomic mass is 35.5. The van der Waals surface area contributed by atoms with Crippen LogP contribution in [0.2, 0.25) is 5.02 Å². The van der Waals surface area contributed by atoms with Crippen LogP contribution in [0.3, 0.4) is 0 Å². The number of rotatable bonds is 10. The van der Waals surface area contributed by atoms with E-state index >= 15 is 0 Å². The molecule has 0 spiro atoms. The van der Waals surface area contributed by atoms with Gasteiger partial charge in [0.25, 0.3) is 0 Å². The Balaban J connectivity index is 1.41. The zero-order valence-electron chi connectivity index (χ0n) is 25.3. The summed E-state index contributed by atoms with van der Waals surface area (Å²) in [5.74, 6) is -0.487. The third-order valence-corrected chi connectivity index (χ3v) is 10.6. The topological polar surface area (TPSA) is 104 Å². The highest BCUT2D eigenvalue weighted by Gasteiger charge is 2.59. The molecule has 2 aromatic rings. The number of carbonyl (C=O) groups excluding carboxylic acids is 3. The number of halogens is 1. The van der Waals surface area contributed by atoms with E-state index in [9.17, 15) is 14.4 Å². The van der Waals surface area contributed by atoms with Gasteiger partial charge in [-0.25, -0.2) is 0 Å². The third kappa shape index (κ3) is 5.92. The van der Waals surface area contributed by atoms with E-state index in [1.54, 1.807) is 7.11 Å². The maximum absolute atomic E-state index is 14.7. The number of benzene rings is 1. The highest BCUT2D eigenvalue weighted by Crippen LogP contribution is 2.54. The molecule has 3 atom stereocenters. The Morgan fingerprint density at radius 1 is 1.19 bits per heavy atom. The highest BCUT2D eigenvalue weighted by molar-refractivity contribution is 6.31. The number of ether oxygens (including phenoxy) is 2. The molecule has 1 aromatic carbocycles. The van der Waals surface area contributed by atoms with Crippen LogP contribution >= 0.6 is 11.6 Å². The van der Waals surface area contributed by atoms with Gasteiger partial charge in [0.2, 0.25) is 17.7 Å². The van der Waals surface area contributed by atoms with E-state index in [4.69, 9.17) is 21.1 Å². The van der Waals surface area contributed by atoms with Crippen molar-refractivity contribution in [1.29, 1.82) is 0 Å². The first-order valence-electron chi connectivity index (χ1n) is 16.2. The van der Waals surface area contributed by atoms with Crippen molar-refractivity contribution >= 4 is 40.2 Å². The molecule has 4 aliphatic rings. The van der Waals surface area contributed by atoms with Crippen LogP contribution in [-0.2, 0) is 35.8 Å². The molecule has 43 heavy (non-hydrogen) atoms. The van der Waals surface area contributed by atoms with Crippen molar-refractivity contribution < 1.29 is 23.9 Å². The number of piperidine rings is 1. The number of methoxy groups -OCH3 is 1. The predicted octanol–water partition coefficient (Wildman–Crippen LogP) is 4.41. The van der Waals surface area contributed by atoms with E-state index in [0.29, 0.717) is 76.2 Å². The fraction of sp³-hybridized carbons (Fsp3) is 0.667. The minimum Gasteiger partial charge on any atom is -0.385 e. The Hall–Kier alpha value is -2.62. The Bertz CT molecular complexity index is 1330. The smallest absolute Gasteiger partial charge is 0.228 e. The minimum absolute atomic E-state index is 0.00757. The number of morpholine rings is 1. The van der Waals surface area contributed by atoms with Gasteiger partial charge in [-0.2, -0.15) is 0 Å². The molecule has 3 aliphatic heterocycles. The second-order valence-corrected chi connectivity index (χ2v) is 13.3. The fourth-order valence-electron chi connectivity index (χ4n) is 8.25. The standard InChI is InChI=1S/C33H45ClN4O5/c1-42-16-4-12-35-29(39)20-23-19-27(32(41)37-14-17-43-18-15-37)33(11-9-22-5-2-3-6-22)30-25(10-13-38(33)31(23)40)26-21-24(34)7-8-28(26)36-30/h7-8,21-23,27,36H,2-6,9-20H2,1H3,(H,35,39)/t23-,27-,33+/m1/s1. The third-order valence-electron chi connectivity index (χ3n) is 10.4. The lowest BCUT2D eigenvalue weighted by molar-refractivity contribution is -0.169. The number of nitrogens with zero attached hydrogens (tertiary/aromatic N) is 2. The number of nitrogens with one attached hydrogen (secondary N) is 2. The van der Waals surface area contributed by atoms with Crippen molar-refractivity contribution in [2.24, 2.45) is 17.8 Å². The number of aromatic nitrogens is 1. The minimum atomic E-state index is -0.792. The van der Waals surface area contributed by atoms with Gasteiger partial charge in [0.15, 0.2) is 0 Å². The van der Waals surface area contributed by atoms with Crippen LogP contribution in [0.15, 0.2) is 18.2 Å². The lowest BCUT2D eigenvalue weighted by Crippen LogP contribution is -2.66. The van der Waals surface area contributed by atoms with E-state index in [1.807, 2.05) is 28.0 Å². The second-order valence-electron chi connectivity index (χ2n) is 12.8. The normalized spacial score (nSPS) is 26.0. The van der Waals surface area contributed by atoms with E-state index in [1.165, 1.54) is 31.2 Å². The maximum atomic E-state index is 14.7. The zero-order valence-corrected chi connectivity index (χ0v) is 26.1. The fourth-order valence-corrected chi connectivity index (χ4v) is 8.43. The number of hydrogen-bond acceptors (Lipinski definition) is 5. The van der Waals surface area contributed by atoms with Crippen molar-refractivity contribution in [3.8, 4) is 0 Å². The first-order valence-corrected chi connectivity index (χ1v) is 16.5. The maximum Gasteiger partial charge on any atom is 0.228 e. The molecule has 0 radical (unpaired) electrons. The van der Waals surface area contributed by atoms with Crippen molar-refractivity contribution in [2.45, 2.75) is 69.7 Å². The number of H-pyrrole nitrogens is 1. The molecule has 1 aliphatic carbocycles. The molecule has 1 saturated carbocycles. The van der Waals surface area contributed by atoms with Gasteiger partial charge < -0.3 is 29.6 Å². The van der Waals surface area contributed by atoms with Gasteiger partial charge >= 0.3 is 0 Å². The monoisotopic (exact) mass is 612 g/mol. The Morgan fingerprint density at radius 2 is 1.98 bits per heavy atom. The largest absolute Gasteiger partial charge is 0.385 e. The van der Waals surface area contributed by atoms with E-state index < -0.39 is 17.4 Å². The van der Waals surface area contributed by atoms with Gasteiger partial charge in [0, 0.05) is 73.9 Å². The molecule has 0 bridgehead atoms. The molecule has 1 aromatic heterocycles. The van der Waals surface area contributed by atoms with Crippen molar-refractivity contribution in [2.75, 3.05) is 53.1 Å². The number of hydrogen-bond donors (Lipinski definition) is 2. The van der Waals surface area contributed by atoms with Crippen LogP contribution in [0.1, 0.15) is 69.0 Å². The van der Waals surface area contributed by atoms with E-state index in [0.717, 1.165) is 29.4 Å². The first kappa shape index (κ1) is 30.4. The van der Waals surface area contributed by atoms with Gasteiger partial charge in [0.05, 0.1) is 24.7 Å². The summed E-state index contributed by atoms with van der Waals surface area (Å²) < 4.78 is 10.7. The van der Waals surface area contributed by atoms with E-state index in [-0.39, 0.29) is 24.1 Å². The number of carbonyl (C=O) groups is 3.